The van der Waals surface area contributed by atoms with Gasteiger partial charge in [0.25, 0.3) is 5.89 Å². The molecule has 3 aromatic carbocycles. The number of benzene rings is 3. The van der Waals surface area contributed by atoms with Crippen LogP contribution in [0.15, 0.2) is 71.3 Å². The summed E-state index contributed by atoms with van der Waals surface area (Å²) in [7, 11) is 0. The summed E-state index contributed by atoms with van der Waals surface area (Å²) in [6.45, 7) is 1.78. The quantitative estimate of drug-likeness (QED) is 0.431. The molecular formula is C24H19F3N2O2. The van der Waals surface area contributed by atoms with Crippen LogP contribution in [0.2, 0.25) is 0 Å². The first kappa shape index (κ1) is 20.8. The second-order valence-electron chi connectivity index (χ2n) is 7.17. The van der Waals surface area contributed by atoms with E-state index >= 15 is 0 Å². The second kappa shape index (κ2) is 8.35. The molecule has 0 aliphatic carbocycles. The predicted molar refractivity (Wildman–Crippen MR) is 111 cm³/mol. The van der Waals surface area contributed by atoms with Crippen molar-refractivity contribution < 1.29 is 22.8 Å². The van der Waals surface area contributed by atoms with Gasteiger partial charge in [-0.25, -0.2) is 0 Å². The highest BCUT2D eigenvalue weighted by molar-refractivity contribution is 5.74. The summed E-state index contributed by atoms with van der Waals surface area (Å²) in [5.41, 5.74) is 2.36. The number of aromatic nitrogens is 2. The lowest BCUT2D eigenvalue weighted by molar-refractivity contribution is -0.137. The van der Waals surface area contributed by atoms with Crippen molar-refractivity contribution in [3.63, 3.8) is 0 Å². The molecule has 4 nitrogen and oxygen atoms in total. The fourth-order valence-corrected chi connectivity index (χ4v) is 3.47. The average molecular weight is 424 g/mol. The first-order valence-electron chi connectivity index (χ1n) is 9.68. The molecule has 0 amide bonds. The van der Waals surface area contributed by atoms with Gasteiger partial charge in [-0.15, -0.1) is 0 Å². The van der Waals surface area contributed by atoms with Crippen LogP contribution in [0.4, 0.5) is 13.2 Å². The van der Waals surface area contributed by atoms with Crippen LogP contribution in [0.1, 0.15) is 16.7 Å². The van der Waals surface area contributed by atoms with Crippen LogP contribution in [-0.2, 0) is 12.6 Å². The van der Waals surface area contributed by atoms with E-state index in [0.717, 1.165) is 17.2 Å². The molecule has 0 fully saturated rings. The summed E-state index contributed by atoms with van der Waals surface area (Å²) < 4.78 is 46.8. The van der Waals surface area contributed by atoms with Gasteiger partial charge in [-0.3, -0.25) is 0 Å². The third kappa shape index (κ3) is 4.36. The maximum absolute atomic E-state index is 13.9. The van der Waals surface area contributed by atoms with Crippen LogP contribution in [0, 0.1) is 6.92 Å². The highest BCUT2D eigenvalue weighted by Gasteiger charge is 2.34. The number of aryl methyl sites for hydroxylation is 1. The Hall–Kier alpha value is -3.45. The van der Waals surface area contributed by atoms with Crippen molar-refractivity contribution in [1.82, 2.24) is 10.1 Å². The molecule has 158 valence electrons. The third-order valence-electron chi connectivity index (χ3n) is 5.02. The summed E-state index contributed by atoms with van der Waals surface area (Å²) in [4.78, 5) is 4.29. The number of nitrogens with zero attached hydrogens (tertiary/aromatic N) is 2. The Kier molecular flexibility index (Phi) is 5.61. The van der Waals surface area contributed by atoms with Crippen LogP contribution in [-0.4, -0.2) is 21.9 Å². The van der Waals surface area contributed by atoms with Gasteiger partial charge in [0.2, 0.25) is 5.82 Å². The summed E-state index contributed by atoms with van der Waals surface area (Å²) in [6.07, 6.45) is -4.07. The van der Waals surface area contributed by atoms with Crippen molar-refractivity contribution in [2.24, 2.45) is 0 Å². The average Bonchev–Trinajstić information content (AvgIpc) is 3.24. The van der Waals surface area contributed by atoms with E-state index in [9.17, 15) is 13.2 Å². The Balaban J connectivity index is 1.75. The van der Waals surface area contributed by atoms with Crippen molar-refractivity contribution in [1.29, 1.82) is 0 Å². The van der Waals surface area contributed by atoms with Crippen molar-refractivity contribution in [3.05, 3.63) is 83.4 Å². The van der Waals surface area contributed by atoms with Gasteiger partial charge in [0.1, 0.15) is 0 Å². The summed E-state index contributed by atoms with van der Waals surface area (Å²) in [5, 5.41) is 13.0. The number of rotatable bonds is 5. The lowest BCUT2D eigenvalue weighted by atomic mass is 9.94. The van der Waals surface area contributed by atoms with E-state index in [-0.39, 0.29) is 29.4 Å². The molecule has 31 heavy (non-hydrogen) atoms. The van der Waals surface area contributed by atoms with Gasteiger partial charge in [-0.1, -0.05) is 53.7 Å². The minimum absolute atomic E-state index is 0.00407. The van der Waals surface area contributed by atoms with E-state index in [2.05, 4.69) is 10.1 Å². The monoisotopic (exact) mass is 424 g/mol. The van der Waals surface area contributed by atoms with Crippen molar-refractivity contribution in [2.75, 3.05) is 6.61 Å². The molecule has 0 radical (unpaired) electrons. The highest BCUT2D eigenvalue weighted by atomic mass is 19.4. The predicted octanol–water partition coefficient (Wildman–Crippen LogP) is 5.93. The summed E-state index contributed by atoms with van der Waals surface area (Å²) >= 11 is 0. The topological polar surface area (TPSA) is 59.2 Å². The summed E-state index contributed by atoms with van der Waals surface area (Å²) in [6, 6.07) is 18.2. The Bertz CT molecular complexity index is 1220. The molecule has 4 rings (SSSR count). The Labute approximate surface area is 177 Å². The van der Waals surface area contributed by atoms with Crippen molar-refractivity contribution >= 4 is 0 Å². The van der Waals surface area contributed by atoms with Gasteiger partial charge < -0.3 is 9.63 Å². The molecule has 1 heterocycles. The number of alkyl halides is 3. The number of halogens is 3. The maximum Gasteiger partial charge on any atom is 0.417 e. The van der Waals surface area contributed by atoms with E-state index in [1.807, 2.05) is 12.1 Å². The fraction of sp³-hybridized carbons (Fsp3) is 0.167. The SMILES string of the molecule is Cc1ccccc1-c1ccc(-c2nc(-c3cccc(CCO)c3)no2)cc1C(F)(F)F. The summed E-state index contributed by atoms with van der Waals surface area (Å²) in [5.74, 6) is 0.274. The molecular weight excluding hydrogens is 405 g/mol. The fourth-order valence-electron chi connectivity index (χ4n) is 3.47. The van der Waals surface area contributed by atoms with E-state index in [0.29, 0.717) is 17.5 Å². The molecule has 0 aliphatic rings. The van der Waals surface area contributed by atoms with Gasteiger partial charge in [0.15, 0.2) is 0 Å². The molecule has 7 heteroatoms. The number of aliphatic hydroxyl groups is 1. The Morgan fingerprint density at radius 3 is 2.45 bits per heavy atom. The zero-order chi connectivity index (χ0) is 22.0. The van der Waals surface area contributed by atoms with Gasteiger partial charge in [0.05, 0.1) is 5.56 Å². The zero-order valence-corrected chi connectivity index (χ0v) is 16.6. The van der Waals surface area contributed by atoms with Crippen LogP contribution < -0.4 is 0 Å². The molecule has 4 aromatic rings. The normalized spacial score (nSPS) is 11.6. The van der Waals surface area contributed by atoms with E-state index in [1.165, 1.54) is 6.07 Å². The molecule has 0 saturated heterocycles. The lowest BCUT2D eigenvalue weighted by Gasteiger charge is -2.15. The van der Waals surface area contributed by atoms with E-state index < -0.39 is 11.7 Å². The standard InChI is InChI=1S/C24H19F3N2O2/c1-15-5-2-3-8-19(15)20-10-9-18(14-21(20)24(25,26)27)23-28-22(29-31-23)17-7-4-6-16(13-17)11-12-30/h2-10,13-14,30H,11-12H2,1H3. The lowest BCUT2D eigenvalue weighted by Crippen LogP contribution is -2.08. The highest BCUT2D eigenvalue weighted by Crippen LogP contribution is 2.40. The smallest absolute Gasteiger partial charge is 0.396 e. The van der Waals surface area contributed by atoms with Crippen LogP contribution in [0.5, 0.6) is 0 Å². The third-order valence-corrected chi connectivity index (χ3v) is 5.02. The first-order valence-corrected chi connectivity index (χ1v) is 9.68. The zero-order valence-electron chi connectivity index (χ0n) is 16.6. The van der Waals surface area contributed by atoms with Crippen LogP contribution >= 0.6 is 0 Å². The Morgan fingerprint density at radius 2 is 1.71 bits per heavy atom. The van der Waals surface area contributed by atoms with Gasteiger partial charge in [-0.05, 0) is 53.8 Å². The van der Waals surface area contributed by atoms with Gasteiger partial charge in [-0.2, -0.15) is 18.2 Å². The van der Waals surface area contributed by atoms with Gasteiger partial charge >= 0.3 is 6.18 Å². The van der Waals surface area contributed by atoms with Crippen molar-refractivity contribution in [2.45, 2.75) is 19.5 Å². The molecule has 1 aromatic heterocycles. The van der Waals surface area contributed by atoms with Crippen LogP contribution in [0.3, 0.4) is 0 Å². The minimum Gasteiger partial charge on any atom is -0.396 e. The number of hydrogen-bond acceptors (Lipinski definition) is 4. The van der Waals surface area contributed by atoms with Crippen molar-refractivity contribution in [3.8, 4) is 34.0 Å². The second-order valence-corrected chi connectivity index (χ2v) is 7.17. The van der Waals surface area contributed by atoms with E-state index in [1.54, 1.807) is 49.4 Å². The maximum atomic E-state index is 13.9. The molecule has 0 spiro atoms. The molecule has 0 saturated carbocycles. The van der Waals surface area contributed by atoms with Gasteiger partial charge in [0, 0.05) is 17.7 Å². The number of aliphatic hydroxyl groups excluding tert-OH is 1. The van der Waals surface area contributed by atoms with Crippen LogP contribution in [0.25, 0.3) is 34.0 Å². The first-order chi connectivity index (χ1) is 14.9. The number of hydrogen-bond donors (Lipinski definition) is 1. The molecule has 0 atom stereocenters. The molecule has 0 bridgehead atoms. The minimum atomic E-state index is -4.55. The molecule has 0 unspecified atom stereocenters. The largest absolute Gasteiger partial charge is 0.417 e. The van der Waals surface area contributed by atoms with E-state index in [4.69, 9.17) is 9.63 Å². The molecule has 1 N–H and O–H groups in total. The molecule has 0 aliphatic heterocycles. The Morgan fingerprint density at radius 1 is 0.903 bits per heavy atom.